The van der Waals surface area contributed by atoms with E-state index in [1.165, 1.54) is 11.3 Å². The van der Waals surface area contributed by atoms with Gasteiger partial charge in [0.15, 0.2) is 6.61 Å². The zero-order chi connectivity index (χ0) is 14.7. The first-order chi connectivity index (χ1) is 10.2. The molecule has 4 heteroatoms. The zero-order valence-electron chi connectivity index (χ0n) is 12.0. The summed E-state index contributed by atoms with van der Waals surface area (Å²) in [4.78, 5) is 14.1. The Balaban J connectivity index is 1.58. The van der Waals surface area contributed by atoms with Crippen molar-refractivity contribution in [2.24, 2.45) is 0 Å². The lowest BCUT2D eigenvalue weighted by molar-refractivity contribution is -0.118. The van der Waals surface area contributed by atoms with E-state index in [1.807, 2.05) is 42.5 Å². The Morgan fingerprint density at radius 1 is 1.24 bits per heavy atom. The fraction of sp³-hybridized carbons (Fsp3) is 0.235. The molecule has 0 saturated heterocycles. The van der Waals surface area contributed by atoms with E-state index in [9.17, 15) is 4.79 Å². The number of anilines is 2. The highest BCUT2D eigenvalue weighted by Crippen LogP contribution is 2.29. The molecular formula is C17H18N2O2. The van der Waals surface area contributed by atoms with E-state index >= 15 is 0 Å². The summed E-state index contributed by atoms with van der Waals surface area (Å²) < 4.78 is 5.43. The molecule has 21 heavy (non-hydrogen) atoms. The number of hydrogen-bond donors (Lipinski definition) is 1. The molecule has 4 nitrogen and oxygen atoms in total. The normalized spacial score (nSPS) is 12.9. The molecule has 0 unspecified atom stereocenters. The number of fused-ring (bicyclic) bond motifs is 1. The molecule has 2 aromatic rings. The van der Waals surface area contributed by atoms with Crippen LogP contribution in [0.3, 0.4) is 0 Å². The van der Waals surface area contributed by atoms with E-state index in [0.29, 0.717) is 5.75 Å². The number of carbonyl (C=O) groups is 1. The summed E-state index contributed by atoms with van der Waals surface area (Å²) >= 11 is 0. The van der Waals surface area contributed by atoms with Crippen molar-refractivity contribution in [3.05, 3.63) is 54.1 Å². The Bertz CT molecular complexity index is 640. The van der Waals surface area contributed by atoms with Crippen LogP contribution in [0.1, 0.15) is 5.56 Å². The first kappa shape index (κ1) is 13.5. The maximum absolute atomic E-state index is 11.9. The van der Waals surface area contributed by atoms with Crippen LogP contribution in [-0.4, -0.2) is 26.1 Å². The Morgan fingerprint density at radius 3 is 2.86 bits per heavy atom. The van der Waals surface area contributed by atoms with Gasteiger partial charge in [0.25, 0.3) is 5.91 Å². The SMILES string of the molecule is CN1CCc2cc(NC(=O)COc3ccccc3)ccc21. The summed E-state index contributed by atoms with van der Waals surface area (Å²) in [7, 11) is 2.08. The van der Waals surface area contributed by atoms with Gasteiger partial charge in [-0.2, -0.15) is 0 Å². The number of hydrogen-bond acceptors (Lipinski definition) is 3. The van der Waals surface area contributed by atoms with Crippen molar-refractivity contribution >= 4 is 17.3 Å². The molecule has 0 spiro atoms. The molecule has 0 atom stereocenters. The Morgan fingerprint density at radius 2 is 2.05 bits per heavy atom. The molecule has 2 aromatic carbocycles. The van der Waals surface area contributed by atoms with Crippen LogP contribution in [-0.2, 0) is 11.2 Å². The van der Waals surface area contributed by atoms with Crippen molar-refractivity contribution in [1.82, 2.24) is 0 Å². The summed E-state index contributed by atoms with van der Waals surface area (Å²) in [6.07, 6.45) is 1.02. The lowest BCUT2D eigenvalue weighted by atomic mass is 10.1. The molecule has 0 saturated carbocycles. The molecule has 1 aliphatic rings. The van der Waals surface area contributed by atoms with Gasteiger partial charge in [-0.3, -0.25) is 4.79 Å². The molecule has 1 aliphatic heterocycles. The Kier molecular flexibility index (Phi) is 3.77. The van der Waals surface area contributed by atoms with E-state index in [-0.39, 0.29) is 12.5 Å². The highest BCUT2D eigenvalue weighted by atomic mass is 16.5. The molecule has 1 heterocycles. The van der Waals surface area contributed by atoms with Crippen molar-refractivity contribution in [3.8, 4) is 5.75 Å². The van der Waals surface area contributed by atoms with Crippen LogP contribution in [0.5, 0.6) is 5.75 Å². The van der Waals surface area contributed by atoms with Gasteiger partial charge in [0.05, 0.1) is 0 Å². The predicted molar refractivity (Wildman–Crippen MR) is 84.0 cm³/mol. The number of amides is 1. The average Bonchev–Trinajstić information content (AvgIpc) is 2.87. The van der Waals surface area contributed by atoms with E-state index in [4.69, 9.17) is 4.74 Å². The third-order valence-corrected chi connectivity index (χ3v) is 3.60. The maximum Gasteiger partial charge on any atom is 0.262 e. The number of rotatable bonds is 4. The van der Waals surface area contributed by atoms with Gasteiger partial charge in [-0.25, -0.2) is 0 Å². The maximum atomic E-state index is 11.9. The fourth-order valence-electron chi connectivity index (χ4n) is 2.51. The monoisotopic (exact) mass is 282 g/mol. The minimum atomic E-state index is -0.148. The average molecular weight is 282 g/mol. The minimum Gasteiger partial charge on any atom is -0.484 e. The van der Waals surface area contributed by atoms with E-state index in [1.54, 1.807) is 0 Å². The van der Waals surface area contributed by atoms with Crippen LogP contribution in [0.25, 0.3) is 0 Å². The third-order valence-electron chi connectivity index (χ3n) is 3.60. The van der Waals surface area contributed by atoms with Crippen LogP contribution < -0.4 is 15.0 Å². The molecule has 0 radical (unpaired) electrons. The van der Waals surface area contributed by atoms with E-state index in [0.717, 1.165) is 18.7 Å². The fourth-order valence-corrected chi connectivity index (χ4v) is 2.51. The van der Waals surface area contributed by atoms with Crippen molar-refractivity contribution in [2.45, 2.75) is 6.42 Å². The highest BCUT2D eigenvalue weighted by Gasteiger charge is 2.16. The van der Waals surface area contributed by atoms with Gasteiger partial charge in [-0.1, -0.05) is 18.2 Å². The van der Waals surface area contributed by atoms with Crippen LogP contribution in [0.15, 0.2) is 48.5 Å². The molecule has 0 fully saturated rings. The second-order valence-electron chi connectivity index (χ2n) is 5.16. The second kappa shape index (κ2) is 5.87. The smallest absolute Gasteiger partial charge is 0.262 e. The molecular weight excluding hydrogens is 264 g/mol. The van der Waals surface area contributed by atoms with Gasteiger partial charge in [0, 0.05) is 25.0 Å². The number of likely N-dealkylation sites (N-methyl/N-ethyl adjacent to an activating group) is 1. The van der Waals surface area contributed by atoms with E-state index < -0.39 is 0 Å². The Labute approximate surface area is 124 Å². The largest absolute Gasteiger partial charge is 0.484 e. The summed E-state index contributed by atoms with van der Waals surface area (Å²) in [5, 5.41) is 2.87. The van der Waals surface area contributed by atoms with Gasteiger partial charge >= 0.3 is 0 Å². The van der Waals surface area contributed by atoms with Gasteiger partial charge in [-0.05, 0) is 42.3 Å². The molecule has 1 amide bonds. The zero-order valence-corrected chi connectivity index (χ0v) is 12.0. The summed E-state index contributed by atoms with van der Waals surface area (Å²) in [6, 6.07) is 15.4. The van der Waals surface area contributed by atoms with Crippen molar-refractivity contribution in [2.75, 3.05) is 30.4 Å². The topological polar surface area (TPSA) is 41.6 Å². The Hall–Kier alpha value is -2.49. The molecule has 0 aromatic heterocycles. The lowest BCUT2D eigenvalue weighted by Crippen LogP contribution is -2.20. The summed E-state index contributed by atoms with van der Waals surface area (Å²) in [5.74, 6) is 0.549. The number of ether oxygens (including phenoxy) is 1. The molecule has 108 valence electrons. The molecule has 1 N–H and O–H groups in total. The van der Waals surface area contributed by atoms with Crippen molar-refractivity contribution in [3.63, 3.8) is 0 Å². The van der Waals surface area contributed by atoms with Crippen LogP contribution in [0, 0.1) is 0 Å². The van der Waals surface area contributed by atoms with Gasteiger partial charge in [0.2, 0.25) is 0 Å². The van der Waals surface area contributed by atoms with Gasteiger partial charge in [-0.15, -0.1) is 0 Å². The molecule has 0 bridgehead atoms. The molecule has 0 aliphatic carbocycles. The van der Waals surface area contributed by atoms with Crippen LogP contribution in [0.4, 0.5) is 11.4 Å². The summed E-state index contributed by atoms with van der Waals surface area (Å²) in [5.41, 5.74) is 3.35. The quantitative estimate of drug-likeness (QED) is 0.937. The first-order valence-corrected chi connectivity index (χ1v) is 7.04. The highest BCUT2D eigenvalue weighted by molar-refractivity contribution is 5.92. The number of nitrogens with one attached hydrogen (secondary N) is 1. The van der Waals surface area contributed by atoms with Crippen molar-refractivity contribution < 1.29 is 9.53 Å². The second-order valence-corrected chi connectivity index (χ2v) is 5.16. The van der Waals surface area contributed by atoms with Crippen LogP contribution in [0.2, 0.25) is 0 Å². The number of nitrogens with zero attached hydrogens (tertiary/aromatic N) is 1. The van der Waals surface area contributed by atoms with Gasteiger partial charge < -0.3 is 15.0 Å². The summed E-state index contributed by atoms with van der Waals surface area (Å²) in [6.45, 7) is 1.05. The standard InChI is InChI=1S/C17H18N2O2/c1-19-10-9-13-11-14(7-8-16(13)19)18-17(20)12-21-15-5-3-2-4-6-15/h2-8,11H,9-10,12H2,1H3,(H,18,20). The van der Waals surface area contributed by atoms with Crippen LogP contribution >= 0.6 is 0 Å². The van der Waals surface area contributed by atoms with E-state index in [2.05, 4.69) is 23.3 Å². The minimum absolute atomic E-state index is 0.0149. The first-order valence-electron chi connectivity index (χ1n) is 7.04. The number of benzene rings is 2. The molecule has 3 rings (SSSR count). The predicted octanol–water partition coefficient (Wildman–Crippen LogP) is 2.70. The number of carbonyl (C=O) groups excluding carboxylic acids is 1. The van der Waals surface area contributed by atoms with Crippen molar-refractivity contribution in [1.29, 1.82) is 0 Å². The third kappa shape index (κ3) is 3.16. The lowest BCUT2D eigenvalue weighted by Gasteiger charge is -2.12. The number of para-hydroxylation sites is 1. The van der Waals surface area contributed by atoms with Gasteiger partial charge in [0.1, 0.15) is 5.75 Å².